The summed E-state index contributed by atoms with van der Waals surface area (Å²) in [6.07, 6.45) is 5.56. The van der Waals surface area contributed by atoms with Crippen LogP contribution in [0.3, 0.4) is 0 Å². The van der Waals surface area contributed by atoms with Gasteiger partial charge < -0.3 is 15.4 Å². The van der Waals surface area contributed by atoms with Gasteiger partial charge in [0.05, 0.1) is 6.10 Å². The molecule has 3 unspecified atom stereocenters. The lowest BCUT2D eigenvalue weighted by Crippen LogP contribution is -2.82. The Morgan fingerprint density at radius 3 is 3.00 bits per heavy atom. The number of pyridine rings is 1. The van der Waals surface area contributed by atoms with E-state index in [1.165, 1.54) is 0 Å². The third-order valence-electron chi connectivity index (χ3n) is 5.53. The van der Waals surface area contributed by atoms with Crippen LogP contribution in [-0.2, 0) is 16.1 Å². The van der Waals surface area contributed by atoms with Crippen molar-refractivity contribution in [2.75, 3.05) is 13.7 Å². The van der Waals surface area contributed by atoms with Gasteiger partial charge in [-0.2, -0.15) is 0 Å². The number of hydrogen-bond donors (Lipinski definition) is 1. The summed E-state index contributed by atoms with van der Waals surface area (Å²) in [5.74, 6) is 0.133. The Morgan fingerprint density at radius 2 is 2.32 bits per heavy atom. The van der Waals surface area contributed by atoms with Crippen LogP contribution in [0.5, 0.6) is 0 Å². The number of carbonyl (C=O) groups is 1. The Bertz CT molecular complexity index is 560. The van der Waals surface area contributed by atoms with Gasteiger partial charge in [0.2, 0.25) is 5.91 Å². The van der Waals surface area contributed by atoms with Gasteiger partial charge in [0.15, 0.2) is 0 Å². The van der Waals surface area contributed by atoms with E-state index in [4.69, 9.17) is 10.5 Å². The van der Waals surface area contributed by atoms with E-state index in [1.807, 2.05) is 19.2 Å². The number of rotatable bonds is 3. The van der Waals surface area contributed by atoms with E-state index in [2.05, 4.69) is 18.8 Å². The fourth-order valence-electron chi connectivity index (χ4n) is 4.16. The SMILES string of the molecule is CN(Cc1cccnc1)C(=O)C1(N)C2CCCOC2C1(C)C. The second-order valence-electron chi connectivity index (χ2n) is 7.15. The molecule has 1 aromatic rings. The molecule has 0 spiro atoms. The molecule has 120 valence electrons. The molecule has 22 heavy (non-hydrogen) atoms. The Balaban J connectivity index is 1.78. The summed E-state index contributed by atoms with van der Waals surface area (Å²) < 4.78 is 5.88. The van der Waals surface area contributed by atoms with Crippen LogP contribution < -0.4 is 5.73 Å². The molecular formula is C17H25N3O2. The first-order valence-corrected chi connectivity index (χ1v) is 7.94. The molecule has 2 aliphatic rings. The molecule has 2 heterocycles. The van der Waals surface area contributed by atoms with Gasteiger partial charge in [-0.3, -0.25) is 9.78 Å². The van der Waals surface area contributed by atoms with E-state index >= 15 is 0 Å². The number of nitrogens with two attached hydrogens (primary N) is 1. The molecule has 1 aliphatic heterocycles. The van der Waals surface area contributed by atoms with Crippen molar-refractivity contribution >= 4 is 5.91 Å². The average molecular weight is 303 g/mol. The van der Waals surface area contributed by atoms with Crippen LogP contribution in [0.1, 0.15) is 32.3 Å². The lowest BCUT2D eigenvalue weighted by molar-refractivity contribution is -0.229. The molecule has 5 nitrogen and oxygen atoms in total. The molecule has 2 fully saturated rings. The molecule has 5 heteroatoms. The number of fused-ring (bicyclic) bond motifs is 1. The van der Waals surface area contributed by atoms with Crippen molar-refractivity contribution in [3.63, 3.8) is 0 Å². The fourth-order valence-corrected chi connectivity index (χ4v) is 4.16. The number of amides is 1. The summed E-state index contributed by atoms with van der Waals surface area (Å²) in [6.45, 7) is 5.41. The minimum atomic E-state index is -0.838. The predicted octanol–water partition coefficient (Wildman–Crippen LogP) is 1.57. The van der Waals surface area contributed by atoms with Crippen LogP contribution >= 0.6 is 0 Å². The highest BCUT2D eigenvalue weighted by Crippen LogP contribution is 2.57. The molecule has 1 aliphatic carbocycles. The van der Waals surface area contributed by atoms with Crippen LogP contribution in [0, 0.1) is 11.3 Å². The summed E-state index contributed by atoms with van der Waals surface area (Å²) in [5.41, 5.74) is 6.48. The topological polar surface area (TPSA) is 68.5 Å². The first-order valence-electron chi connectivity index (χ1n) is 7.94. The molecule has 0 aromatic carbocycles. The maximum Gasteiger partial charge on any atom is 0.243 e. The zero-order valence-electron chi connectivity index (χ0n) is 13.6. The van der Waals surface area contributed by atoms with E-state index < -0.39 is 5.54 Å². The molecule has 1 saturated heterocycles. The highest BCUT2D eigenvalue weighted by molar-refractivity contribution is 5.89. The first-order chi connectivity index (χ1) is 10.4. The molecule has 0 radical (unpaired) electrons. The van der Waals surface area contributed by atoms with E-state index in [0.717, 1.165) is 25.0 Å². The minimum absolute atomic E-state index is 0.00750. The number of ether oxygens (including phenoxy) is 1. The van der Waals surface area contributed by atoms with E-state index in [-0.39, 0.29) is 23.3 Å². The second kappa shape index (κ2) is 5.32. The first kappa shape index (κ1) is 15.4. The summed E-state index contributed by atoms with van der Waals surface area (Å²) in [5, 5.41) is 0. The number of likely N-dealkylation sites (N-methyl/N-ethyl adjacent to an activating group) is 1. The lowest BCUT2D eigenvalue weighted by atomic mass is 9.46. The standard InChI is InChI=1S/C17H25N3O2/c1-16(2)14-13(7-5-9-22-14)17(16,18)15(21)20(3)11-12-6-4-8-19-10-12/h4,6,8,10,13-14H,5,7,9,11,18H2,1-3H3. The second-order valence-corrected chi connectivity index (χ2v) is 7.15. The molecule has 3 atom stereocenters. The molecule has 2 N–H and O–H groups in total. The van der Waals surface area contributed by atoms with Crippen molar-refractivity contribution in [2.24, 2.45) is 17.1 Å². The molecule has 1 amide bonds. The quantitative estimate of drug-likeness (QED) is 0.920. The van der Waals surface area contributed by atoms with Crippen LogP contribution in [0.2, 0.25) is 0 Å². The zero-order chi connectivity index (χ0) is 16.0. The van der Waals surface area contributed by atoms with Gasteiger partial charge in [-0.05, 0) is 24.5 Å². The number of carbonyl (C=O) groups excluding carboxylic acids is 1. The third kappa shape index (κ3) is 2.07. The molecule has 0 bridgehead atoms. The van der Waals surface area contributed by atoms with Gasteiger partial charge >= 0.3 is 0 Å². The Morgan fingerprint density at radius 1 is 1.55 bits per heavy atom. The van der Waals surface area contributed by atoms with Crippen molar-refractivity contribution in [3.05, 3.63) is 30.1 Å². The Labute approximate surface area is 131 Å². The average Bonchev–Trinajstić information content (AvgIpc) is 2.54. The molecule has 1 saturated carbocycles. The van der Waals surface area contributed by atoms with Crippen molar-refractivity contribution in [3.8, 4) is 0 Å². The normalized spacial score (nSPS) is 32.7. The summed E-state index contributed by atoms with van der Waals surface area (Å²) in [6, 6.07) is 3.85. The van der Waals surface area contributed by atoms with E-state index in [0.29, 0.717) is 6.54 Å². The van der Waals surface area contributed by atoms with E-state index in [9.17, 15) is 4.79 Å². The van der Waals surface area contributed by atoms with Gasteiger partial charge in [-0.15, -0.1) is 0 Å². The van der Waals surface area contributed by atoms with Crippen LogP contribution in [0.15, 0.2) is 24.5 Å². The van der Waals surface area contributed by atoms with Crippen LogP contribution in [-0.4, -0.2) is 41.1 Å². The molecular weight excluding hydrogens is 278 g/mol. The number of nitrogens with zero attached hydrogens (tertiary/aromatic N) is 2. The lowest BCUT2D eigenvalue weighted by Gasteiger charge is -2.65. The van der Waals surface area contributed by atoms with Crippen LogP contribution in [0.25, 0.3) is 0 Å². The number of aromatic nitrogens is 1. The maximum absolute atomic E-state index is 13.0. The third-order valence-corrected chi connectivity index (χ3v) is 5.53. The highest BCUT2D eigenvalue weighted by atomic mass is 16.5. The van der Waals surface area contributed by atoms with Gasteiger partial charge in [0.25, 0.3) is 0 Å². The Kier molecular flexibility index (Phi) is 3.73. The van der Waals surface area contributed by atoms with Crippen molar-refractivity contribution < 1.29 is 9.53 Å². The number of hydrogen-bond acceptors (Lipinski definition) is 4. The monoisotopic (exact) mass is 303 g/mol. The van der Waals surface area contributed by atoms with Gasteiger partial charge in [0.1, 0.15) is 5.54 Å². The minimum Gasteiger partial charge on any atom is -0.377 e. The zero-order valence-corrected chi connectivity index (χ0v) is 13.6. The Hall–Kier alpha value is -1.46. The van der Waals surface area contributed by atoms with Crippen LogP contribution in [0.4, 0.5) is 0 Å². The van der Waals surface area contributed by atoms with Gasteiger partial charge in [-0.1, -0.05) is 19.9 Å². The highest BCUT2D eigenvalue weighted by Gasteiger charge is 2.70. The fraction of sp³-hybridized carbons (Fsp3) is 0.647. The summed E-state index contributed by atoms with van der Waals surface area (Å²) >= 11 is 0. The van der Waals surface area contributed by atoms with Crippen molar-refractivity contribution in [1.82, 2.24) is 9.88 Å². The largest absolute Gasteiger partial charge is 0.377 e. The van der Waals surface area contributed by atoms with Gasteiger partial charge in [0, 0.05) is 43.9 Å². The van der Waals surface area contributed by atoms with Crippen molar-refractivity contribution in [2.45, 2.75) is 44.9 Å². The summed E-state index contributed by atoms with van der Waals surface area (Å²) in [4.78, 5) is 18.9. The van der Waals surface area contributed by atoms with E-state index in [1.54, 1.807) is 17.3 Å². The molecule has 3 rings (SSSR count). The maximum atomic E-state index is 13.0. The van der Waals surface area contributed by atoms with Crippen molar-refractivity contribution in [1.29, 1.82) is 0 Å². The smallest absolute Gasteiger partial charge is 0.243 e. The molecule has 1 aromatic heterocycles. The van der Waals surface area contributed by atoms with Gasteiger partial charge in [-0.25, -0.2) is 0 Å². The predicted molar refractivity (Wildman–Crippen MR) is 83.9 cm³/mol. The summed E-state index contributed by atoms with van der Waals surface area (Å²) in [7, 11) is 1.82.